The van der Waals surface area contributed by atoms with E-state index in [1.165, 1.54) is 17.2 Å². The van der Waals surface area contributed by atoms with E-state index in [9.17, 15) is 35.4 Å². The van der Waals surface area contributed by atoms with Crippen LogP contribution in [0.25, 0.3) is 42.2 Å². The number of thiophene rings is 1. The number of hydrogen-bond acceptors (Lipinski definition) is 9. The van der Waals surface area contributed by atoms with Crippen molar-refractivity contribution in [2.45, 2.75) is 131 Å². The zero-order valence-corrected chi connectivity index (χ0v) is 37.8. The standard InChI is InChI=1S/C33H34NO5S.C13H24O2.Ir/c1-31(2,3)23-22-17(26(36)28(38)29(39)27(22)37)12-18(25(23)35)24-30-15(8-11-34-24)16-13-19-20(14-21(16)40-30)33(6,7)10-9-32(19,4)5;1-5-10(6-2)12(14)9-13(15)11(7-3)8-4;/h8,11,13-14,35-39H,9-10H2,1-7H3;9-11,14H,5-8H2,1-4H3;/q-1;;/b;12-9-;. The SMILES string of the molecule is CC(C)(C)c1c(O)c(-c2nccc3c2sc2cc4c(cc23)C(C)(C)CCC4(C)C)[c-]c2c(O)c(O)c(O)c(O)c12.CCC(CC)C(=O)/C=C(\O)C(CC)CC.[Ir]. The number of rotatable bonds is 8. The van der Waals surface area contributed by atoms with E-state index < -0.39 is 28.4 Å². The summed E-state index contributed by atoms with van der Waals surface area (Å²) in [6, 6.07) is 9.66. The van der Waals surface area contributed by atoms with E-state index in [2.05, 4.69) is 50.9 Å². The summed E-state index contributed by atoms with van der Waals surface area (Å²) in [5, 5.41) is 65.8. The molecule has 0 aliphatic heterocycles. The summed E-state index contributed by atoms with van der Waals surface area (Å²) < 4.78 is 2.00. The van der Waals surface area contributed by atoms with Crippen LogP contribution < -0.4 is 0 Å². The van der Waals surface area contributed by atoms with Gasteiger partial charge in [-0.05, 0) is 94.9 Å². The van der Waals surface area contributed by atoms with Crippen molar-refractivity contribution in [3.8, 4) is 40.0 Å². The fourth-order valence-electron chi connectivity index (χ4n) is 8.11. The smallest absolute Gasteiger partial charge is 0.188 e. The number of phenolic OH excluding ortho intramolecular Hbond substituents is 5. The Morgan fingerprint density at radius 1 is 0.821 bits per heavy atom. The van der Waals surface area contributed by atoms with Crippen LogP contribution in [0.2, 0.25) is 0 Å². The molecule has 2 aromatic heterocycles. The van der Waals surface area contributed by atoms with E-state index in [-0.39, 0.29) is 76.4 Å². The third-order valence-corrected chi connectivity index (χ3v) is 13.0. The van der Waals surface area contributed by atoms with Gasteiger partial charge in [0.2, 0.25) is 0 Å². The van der Waals surface area contributed by atoms with Gasteiger partial charge in [0.25, 0.3) is 0 Å². The van der Waals surface area contributed by atoms with Gasteiger partial charge in [0.05, 0.1) is 11.5 Å². The molecule has 5 aromatic rings. The maximum Gasteiger partial charge on any atom is 0.188 e. The fraction of sp³-hybridized carbons (Fsp3) is 0.478. The van der Waals surface area contributed by atoms with Gasteiger partial charge in [-0.2, -0.15) is 0 Å². The Balaban J connectivity index is 0.000000372. The predicted molar refractivity (Wildman–Crippen MR) is 225 cm³/mol. The first-order chi connectivity index (χ1) is 25.6. The number of aliphatic hydroxyl groups excluding tert-OH is 1. The molecule has 0 spiro atoms. The van der Waals surface area contributed by atoms with Crippen LogP contribution in [0.5, 0.6) is 28.7 Å². The Kier molecular flexibility index (Phi) is 13.3. The van der Waals surface area contributed by atoms with E-state index in [1.54, 1.807) is 17.5 Å². The number of carbonyl (C=O) groups is 1. The van der Waals surface area contributed by atoms with Crippen LogP contribution >= 0.6 is 11.3 Å². The summed E-state index contributed by atoms with van der Waals surface area (Å²) in [5.41, 5.74) is 3.18. The van der Waals surface area contributed by atoms with E-state index >= 15 is 0 Å². The fourth-order valence-corrected chi connectivity index (χ4v) is 9.33. The number of aromatic hydroxyl groups is 5. The molecule has 0 unspecified atom stereocenters. The summed E-state index contributed by atoms with van der Waals surface area (Å²) in [6.07, 6.45) is 8.84. The van der Waals surface area contributed by atoms with Crippen LogP contribution in [-0.4, -0.2) is 41.4 Å². The number of hydrogen-bond donors (Lipinski definition) is 6. The first kappa shape index (κ1) is 44.9. The second-order valence-corrected chi connectivity index (χ2v) is 18.5. The van der Waals surface area contributed by atoms with Crippen molar-refractivity contribution in [1.29, 1.82) is 0 Å². The topological polar surface area (TPSA) is 151 Å². The van der Waals surface area contributed by atoms with Crippen LogP contribution in [0.4, 0.5) is 0 Å². The van der Waals surface area contributed by atoms with E-state index in [4.69, 9.17) is 0 Å². The van der Waals surface area contributed by atoms with Crippen molar-refractivity contribution in [3.63, 3.8) is 0 Å². The van der Waals surface area contributed by atoms with Gasteiger partial charge < -0.3 is 30.6 Å². The van der Waals surface area contributed by atoms with Crippen LogP contribution in [0, 0.1) is 17.9 Å². The molecule has 1 radical (unpaired) electrons. The van der Waals surface area contributed by atoms with Gasteiger partial charge in [0.1, 0.15) is 11.5 Å². The average molecular weight is 961 g/mol. The van der Waals surface area contributed by atoms with Gasteiger partial charge in [-0.15, -0.1) is 17.4 Å². The Bertz CT molecular complexity index is 2310. The molecule has 0 bridgehead atoms. The number of benzene rings is 3. The Morgan fingerprint density at radius 3 is 1.89 bits per heavy atom. The number of phenols is 5. The third kappa shape index (κ3) is 7.99. The molecule has 56 heavy (non-hydrogen) atoms. The van der Waals surface area contributed by atoms with Gasteiger partial charge >= 0.3 is 0 Å². The molecule has 0 atom stereocenters. The minimum Gasteiger partial charge on any atom is -0.542 e. The Hall–Kier alpha value is -3.85. The molecule has 0 fully saturated rings. The van der Waals surface area contributed by atoms with Crippen LogP contribution in [-0.2, 0) is 41.1 Å². The number of pyridine rings is 1. The van der Waals surface area contributed by atoms with Gasteiger partial charge in [0.15, 0.2) is 17.3 Å². The first-order valence-corrected chi connectivity index (χ1v) is 20.4. The van der Waals surface area contributed by atoms with Crippen molar-refractivity contribution < 1.29 is 55.5 Å². The minimum atomic E-state index is -0.851. The molecule has 3 aromatic carbocycles. The maximum absolute atomic E-state index is 11.7. The molecular weight excluding hydrogens is 903 g/mol. The van der Waals surface area contributed by atoms with Gasteiger partial charge in [0, 0.05) is 64.7 Å². The molecule has 0 amide bonds. The number of allylic oxidation sites excluding steroid dienone is 2. The maximum atomic E-state index is 11.7. The number of ketones is 1. The molecule has 10 heteroatoms. The van der Waals surface area contributed by atoms with Crippen LogP contribution in [0.1, 0.15) is 131 Å². The Morgan fingerprint density at radius 2 is 1.36 bits per heavy atom. The largest absolute Gasteiger partial charge is 0.542 e. The quantitative estimate of drug-likeness (QED) is 0.0296. The predicted octanol–water partition coefficient (Wildman–Crippen LogP) is 12.1. The molecule has 6 N–H and O–H groups in total. The summed E-state index contributed by atoms with van der Waals surface area (Å²) in [6.45, 7) is 22.9. The van der Waals surface area contributed by atoms with Crippen molar-refractivity contribution >= 4 is 48.1 Å². The van der Waals surface area contributed by atoms with Gasteiger partial charge in [-0.3, -0.25) is 9.78 Å². The number of fused-ring (bicyclic) bond motifs is 5. The number of aliphatic hydroxyl groups is 1. The second kappa shape index (κ2) is 16.6. The van der Waals surface area contributed by atoms with E-state index in [1.807, 2.05) is 54.5 Å². The Labute approximate surface area is 348 Å². The summed E-state index contributed by atoms with van der Waals surface area (Å²) >= 11 is 1.60. The summed E-state index contributed by atoms with van der Waals surface area (Å²) in [7, 11) is 0. The molecule has 0 saturated carbocycles. The van der Waals surface area contributed by atoms with Gasteiger partial charge in [-0.1, -0.05) is 92.7 Å². The molecule has 1 aliphatic carbocycles. The van der Waals surface area contributed by atoms with Crippen LogP contribution in [0.3, 0.4) is 0 Å². The normalized spacial score (nSPS) is 15.2. The number of nitrogens with zero attached hydrogens (tertiary/aromatic N) is 1. The first-order valence-electron chi connectivity index (χ1n) is 19.5. The number of aromatic nitrogens is 1. The zero-order chi connectivity index (χ0) is 40.9. The molecule has 305 valence electrons. The second-order valence-electron chi connectivity index (χ2n) is 17.4. The average Bonchev–Trinajstić information content (AvgIpc) is 3.50. The minimum absolute atomic E-state index is 0. The molecule has 0 saturated heterocycles. The summed E-state index contributed by atoms with van der Waals surface area (Å²) in [4.78, 5) is 16.4. The van der Waals surface area contributed by atoms with Crippen molar-refractivity contribution in [3.05, 3.63) is 59.0 Å². The van der Waals surface area contributed by atoms with Crippen molar-refractivity contribution in [1.82, 2.24) is 4.98 Å². The van der Waals surface area contributed by atoms with Crippen molar-refractivity contribution in [2.24, 2.45) is 11.8 Å². The number of carbonyl (C=O) groups excluding carboxylic acids is 1. The molecule has 8 nitrogen and oxygen atoms in total. The monoisotopic (exact) mass is 961 g/mol. The van der Waals surface area contributed by atoms with E-state index in [0.717, 1.165) is 58.7 Å². The van der Waals surface area contributed by atoms with E-state index in [0.29, 0.717) is 11.3 Å². The van der Waals surface area contributed by atoms with Gasteiger partial charge in [-0.25, -0.2) is 0 Å². The van der Waals surface area contributed by atoms with Crippen LogP contribution in [0.15, 0.2) is 36.2 Å². The molecule has 1 aliphatic rings. The molecule has 6 rings (SSSR count). The molecular formula is C46H58IrNO7S-. The van der Waals surface area contributed by atoms with Crippen molar-refractivity contribution in [2.75, 3.05) is 0 Å². The zero-order valence-electron chi connectivity index (χ0n) is 34.6. The summed E-state index contributed by atoms with van der Waals surface area (Å²) in [5.74, 6) is -2.56. The third-order valence-electron chi connectivity index (χ3n) is 11.8. The molecule has 2 heterocycles.